The molecule has 4 nitrogen and oxygen atoms in total. The van der Waals surface area contributed by atoms with Gasteiger partial charge in [-0.3, -0.25) is 0 Å². The summed E-state index contributed by atoms with van der Waals surface area (Å²) in [6, 6.07) is 25.4. The summed E-state index contributed by atoms with van der Waals surface area (Å²) in [6.07, 6.45) is 0. The van der Waals surface area contributed by atoms with Gasteiger partial charge in [-0.25, -0.2) is 0 Å². The van der Waals surface area contributed by atoms with Crippen molar-refractivity contribution in [2.45, 2.75) is 20.1 Å². The van der Waals surface area contributed by atoms with Crippen molar-refractivity contribution in [3.63, 3.8) is 0 Å². The number of hydrogen-bond acceptors (Lipinski definition) is 4. The first-order valence-corrected chi connectivity index (χ1v) is 10.2. The summed E-state index contributed by atoms with van der Waals surface area (Å²) in [5.74, 6) is 0.896. The Morgan fingerprint density at radius 2 is 1.66 bits per heavy atom. The van der Waals surface area contributed by atoms with Crippen molar-refractivity contribution in [2.24, 2.45) is 0 Å². The first-order chi connectivity index (χ1) is 14.3. The molecule has 4 heteroatoms. The molecule has 0 spiro atoms. The Balaban J connectivity index is 1.30. The molecular weight excluding hydrogens is 360 g/mol. The lowest BCUT2D eigenvalue weighted by Gasteiger charge is -2.28. The molecule has 4 rings (SSSR count). The van der Waals surface area contributed by atoms with Crippen LogP contribution >= 0.6 is 0 Å². The van der Waals surface area contributed by atoms with Gasteiger partial charge in [0, 0.05) is 31.0 Å². The fraction of sp³-hybridized carbons (Fsp3) is 0.280. The predicted molar refractivity (Wildman–Crippen MR) is 119 cm³/mol. The summed E-state index contributed by atoms with van der Waals surface area (Å²) in [4.78, 5) is 2.36. The van der Waals surface area contributed by atoms with Crippen LogP contribution < -0.4 is 15.0 Å². The Bertz CT molecular complexity index is 901. The van der Waals surface area contributed by atoms with E-state index < -0.39 is 0 Å². The van der Waals surface area contributed by atoms with Crippen molar-refractivity contribution in [1.82, 2.24) is 0 Å². The van der Waals surface area contributed by atoms with Crippen LogP contribution in [0.1, 0.15) is 16.7 Å². The highest BCUT2D eigenvalue weighted by atomic mass is 16.5. The fourth-order valence-corrected chi connectivity index (χ4v) is 3.41. The molecule has 1 N–H and O–H groups in total. The number of nitrogens with zero attached hydrogens (tertiary/aromatic N) is 1. The molecule has 1 saturated heterocycles. The minimum atomic E-state index is 0.583. The average Bonchev–Trinajstić information content (AvgIpc) is 2.79. The van der Waals surface area contributed by atoms with Gasteiger partial charge in [0.1, 0.15) is 12.4 Å². The Labute approximate surface area is 173 Å². The molecule has 1 aliphatic rings. The van der Waals surface area contributed by atoms with Gasteiger partial charge in [-0.15, -0.1) is 0 Å². The highest BCUT2D eigenvalue weighted by Gasteiger charge is 2.10. The maximum absolute atomic E-state index is 5.96. The van der Waals surface area contributed by atoms with E-state index >= 15 is 0 Å². The highest BCUT2D eigenvalue weighted by molar-refractivity contribution is 5.55. The molecule has 150 valence electrons. The van der Waals surface area contributed by atoms with Crippen LogP contribution in [0.2, 0.25) is 0 Å². The van der Waals surface area contributed by atoms with E-state index in [9.17, 15) is 0 Å². The zero-order valence-corrected chi connectivity index (χ0v) is 16.9. The van der Waals surface area contributed by atoms with Crippen LogP contribution in [0, 0.1) is 6.92 Å². The van der Waals surface area contributed by atoms with Crippen molar-refractivity contribution >= 4 is 11.4 Å². The summed E-state index contributed by atoms with van der Waals surface area (Å²) in [6.45, 7) is 6.98. The Morgan fingerprint density at radius 1 is 0.897 bits per heavy atom. The lowest BCUT2D eigenvalue weighted by molar-refractivity contribution is 0.122. The van der Waals surface area contributed by atoms with Gasteiger partial charge in [0.2, 0.25) is 0 Å². The molecule has 3 aromatic rings. The Morgan fingerprint density at radius 3 is 2.41 bits per heavy atom. The molecule has 0 bridgehead atoms. The van der Waals surface area contributed by atoms with Crippen LogP contribution in [0.3, 0.4) is 0 Å². The maximum Gasteiger partial charge on any atom is 0.120 e. The highest BCUT2D eigenvalue weighted by Crippen LogP contribution is 2.21. The number of morpholine rings is 1. The third kappa shape index (κ3) is 5.52. The van der Waals surface area contributed by atoms with Gasteiger partial charge in [0.05, 0.1) is 13.2 Å². The van der Waals surface area contributed by atoms with E-state index in [1.807, 2.05) is 12.1 Å². The van der Waals surface area contributed by atoms with Gasteiger partial charge in [0.25, 0.3) is 0 Å². The van der Waals surface area contributed by atoms with Crippen LogP contribution in [0.25, 0.3) is 0 Å². The molecule has 0 atom stereocenters. The topological polar surface area (TPSA) is 33.7 Å². The standard InChI is InChI=1S/C25H28N2O2/c1-20-5-7-21(8-6-20)19-29-25-4-2-3-22(17-25)18-26-23-9-11-24(12-10-23)27-13-15-28-16-14-27/h2-12,17,26H,13-16,18-19H2,1H3. The second kappa shape index (κ2) is 9.48. The first kappa shape index (κ1) is 19.3. The second-order valence-electron chi connectivity index (χ2n) is 7.42. The van der Waals surface area contributed by atoms with Crippen LogP contribution in [-0.2, 0) is 17.9 Å². The molecule has 0 saturated carbocycles. The van der Waals surface area contributed by atoms with E-state index in [0.29, 0.717) is 6.61 Å². The van der Waals surface area contributed by atoms with E-state index in [2.05, 4.69) is 77.8 Å². The summed E-state index contributed by atoms with van der Waals surface area (Å²) in [5, 5.41) is 3.50. The number of rotatable bonds is 7. The number of nitrogens with one attached hydrogen (secondary N) is 1. The number of benzene rings is 3. The maximum atomic E-state index is 5.96. The van der Waals surface area contributed by atoms with Gasteiger partial charge >= 0.3 is 0 Å². The van der Waals surface area contributed by atoms with Crippen molar-refractivity contribution in [1.29, 1.82) is 0 Å². The van der Waals surface area contributed by atoms with Crippen molar-refractivity contribution in [3.8, 4) is 5.75 Å². The normalized spacial score (nSPS) is 13.9. The van der Waals surface area contributed by atoms with Gasteiger partial charge < -0.3 is 19.7 Å². The van der Waals surface area contributed by atoms with E-state index in [4.69, 9.17) is 9.47 Å². The zero-order chi connectivity index (χ0) is 19.9. The smallest absolute Gasteiger partial charge is 0.120 e. The third-order valence-electron chi connectivity index (χ3n) is 5.16. The van der Waals surface area contributed by atoms with Crippen molar-refractivity contribution in [3.05, 3.63) is 89.5 Å². The van der Waals surface area contributed by atoms with E-state index in [0.717, 1.165) is 44.3 Å². The van der Waals surface area contributed by atoms with Crippen molar-refractivity contribution in [2.75, 3.05) is 36.5 Å². The van der Waals surface area contributed by atoms with Crippen LogP contribution in [0.5, 0.6) is 5.75 Å². The number of hydrogen-bond donors (Lipinski definition) is 1. The monoisotopic (exact) mass is 388 g/mol. The van der Waals surface area contributed by atoms with Crippen LogP contribution in [0.15, 0.2) is 72.8 Å². The molecule has 1 fully saturated rings. The summed E-state index contributed by atoms with van der Waals surface area (Å²) in [7, 11) is 0. The number of aryl methyl sites for hydroxylation is 1. The first-order valence-electron chi connectivity index (χ1n) is 10.2. The van der Waals surface area contributed by atoms with Gasteiger partial charge in [-0.05, 0) is 54.4 Å². The molecule has 1 heterocycles. The molecule has 3 aromatic carbocycles. The molecule has 29 heavy (non-hydrogen) atoms. The number of anilines is 2. The van der Waals surface area contributed by atoms with Crippen LogP contribution in [-0.4, -0.2) is 26.3 Å². The molecule has 0 aliphatic carbocycles. The molecule has 0 radical (unpaired) electrons. The molecular formula is C25H28N2O2. The Kier molecular flexibility index (Phi) is 6.32. The predicted octanol–water partition coefficient (Wildman–Crippen LogP) is 5.02. The minimum absolute atomic E-state index is 0.583. The zero-order valence-electron chi connectivity index (χ0n) is 16.9. The SMILES string of the molecule is Cc1ccc(COc2cccc(CNc3ccc(N4CCOCC4)cc3)c2)cc1. The summed E-state index contributed by atoms with van der Waals surface area (Å²) in [5.41, 5.74) is 6.02. The largest absolute Gasteiger partial charge is 0.489 e. The van der Waals surface area contributed by atoms with Crippen LogP contribution in [0.4, 0.5) is 11.4 Å². The summed E-state index contributed by atoms with van der Waals surface area (Å²) >= 11 is 0. The summed E-state index contributed by atoms with van der Waals surface area (Å²) < 4.78 is 11.4. The van der Waals surface area contributed by atoms with Gasteiger partial charge in [0.15, 0.2) is 0 Å². The van der Waals surface area contributed by atoms with E-state index in [1.165, 1.54) is 22.4 Å². The number of ether oxygens (including phenoxy) is 2. The molecule has 0 unspecified atom stereocenters. The third-order valence-corrected chi connectivity index (χ3v) is 5.16. The lowest BCUT2D eigenvalue weighted by atomic mass is 10.1. The molecule has 0 aromatic heterocycles. The van der Waals surface area contributed by atoms with Gasteiger partial charge in [-0.2, -0.15) is 0 Å². The Hall–Kier alpha value is -2.98. The average molecular weight is 389 g/mol. The molecule has 0 amide bonds. The lowest BCUT2D eigenvalue weighted by Crippen LogP contribution is -2.36. The molecule has 1 aliphatic heterocycles. The minimum Gasteiger partial charge on any atom is -0.489 e. The van der Waals surface area contributed by atoms with E-state index in [1.54, 1.807) is 0 Å². The van der Waals surface area contributed by atoms with Crippen molar-refractivity contribution < 1.29 is 9.47 Å². The van der Waals surface area contributed by atoms with Gasteiger partial charge in [-0.1, -0.05) is 42.0 Å². The second-order valence-corrected chi connectivity index (χ2v) is 7.42. The quantitative estimate of drug-likeness (QED) is 0.616. The fourth-order valence-electron chi connectivity index (χ4n) is 3.41. The van der Waals surface area contributed by atoms with E-state index in [-0.39, 0.29) is 0 Å².